The first-order chi connectivity index (χ1) is 20.1. The largest absolute Gasteiger partial charge is 0.454 e. The lowest BCUT2D eigenvalue weighted by atomic mass is 9.83. The minimum Gasteiger partial charge on any atom is -0.454 e. The second kappa shape index (κ2) is 19.9. The lowest BCUT2D eigenvalue weighted by Gasteiger charge is -2.47. The van der Waals surface area contributed by atoms with Gasteiger partial charge in [0.1, 0.15) is 0 Å². The van der Waals surface area contributed by atoms with Gasteiger partial charge < -0.3 is 28.4 Å². The number of esters is 6. The van der Waals surface area contributed by atoms with E-state index in [1.54, 1.807) is 41.5 Å². The number of hydrogen-bond donors (Lipinski definition) is 0. The van der Waals surface area contributed by atoms with Gasteiger partial charge in [0.15, 0.2) is 36.6 Å². The summed E-state index contributed by atoms with van der Waals surface area (Å²) >= 11 is 0. The van der Waals surface area contributed by atoms with E-state index in [0.29, 0.717) is 38.5 Å². The molecule has 0 heterocycles. The molecule has 0 radical (unpaired) electrons. The van der Waals surface area contributed by atoms with Crippen molar-refractivity contribution in [3.63, 3.8) is 0 Å². The molecule has 1 aliphatic carbocycles. The maximum atomic E-state index is 12.8. The summed E-state index contributed by atoms with van der Waals surface area (Å²) in [6.45, 7) is 10.5. The summed E-state index contributed by atoms with van der Waals surface area (Å²) in [5.41, 5.74) is 0. The van der Waals surface area contributed by atoms with Crippen LogP contribution in [-0.2, 0) is 57.2 Å². The van der Waals surface area contributed by atoms with Crippen LogP contribution in [0.4, 0.5) is 0 Å². The van der Waals surface area contributed by atoms with Gasteiger partial charge in [-0.1, -0.05) is 41.5 Å². The zero-order valence-corrected chi connectivity index (χ0v) is 25.8. The molecule has 0 aliphatic heterocycles. The molecular weight excluding hydrogens is 552 g/mol. The van der Waals surface area contributed by atoms with Crippen molar-refractivity contribution < 1.29 is 57.2 Å². The highest BCUT2D eigenvalue weighted by Gasteiger charge is 2.61. The quantitative estimate of drug-likeness (QED) is 0.163. The van der Waals surface area contributed by atoms with E-state index in [2.05, 4.69) is 0 Å². The molecule has 1 fully saturated rings. The van der Waals surface area contributed by atoms with Crippen LogP contribution in [0.2, 0.25) is 0 Å². The topological polar surface area (TPSA) is 158 Å². The molecule has 0 saturated heterocycles. The predicted molar refractivity (Wildman–Crippen MR) is 149 cm³/mol. The molecule has 1 aliphatic rings. The molecule has 0 atom stereocenters. The second-order valence-corrected chi connectivity index (χ2v) is 10.2. The molecule has 240 valence electrons. The average Bonchev–Trinajstić information content (AvgIpc) is 2.91. The van der Waals surface area contributed by atoms with Crippen molar-refractivity contribution in [2.24, 2.45) is 0 Å². The van der Waals surface area contributed by atoms with Crippen molar-refractivity contribution in [2.75, 3.05) is 0 Å². The lowest BCUT2D eigenvalue weighted by Crippen LogP contribution is -2.69. The van der Waals surface area contributed by atoms with Gasteiger partial charge in [0, 0.05) is 38.5 Å². The van der Waals surface area contributed by atoms with Gasteiger partial charge in [0.25, 0.3) is 0 Å². The highest BCUT2D eigenvalue weighted by Crippen LogP contribution is 2.35. The van der Waals surface area contributed by atoms with E-state index in [-0.39, 0.29) is 38.5 Å². The van der Waals surface area contributed by atoms with Gasteiger partial charge in [0.05, 0.1) is 0 Å². The molecule has 1 rings (SSSR count). The highest BCUT2D eigenvalue weighted by atomic mass is 16.7. The molecule has 0 aromatic carbocycles. The third-order valence-corrected chi connectivity index (χ3v) is 6.27. The van der Waals surface area contributed by atoms with Gasteiger partial charge in [-0.3, -0.25) is 28.8 Å². The Balaban J connectivity index is 3.90. The van der Waals surface area contributed by atoms with Crippen LogP contribution in [0.25, 0.3) is 0 Å². The van der Waals surface area contributed by atoms with E-state index in [1.165, 1.54) is 0 Å². The van der Waals surface area contributed by atoms with E-state index in [1.807, 2.05) is 0 Å². The van der Waals surface area contributed by atoms with E-state index in [4.69, 9.17) is 28.4 Å². The summed E-state index contributed by atoms with van der Waals surface area (Å²) in [6.07, 6.45) is -6.78. The minimum atomic E-state index is -1.54. The third-order valence-electron chi connectivity index (χ3n) is 6.27. The molecule has 0 amide bonds. The zero-order chi connectivity index (χ0) is 31.7. The first kappa shape index (κ1) is 36.8. The third kappa shape index (κ3) is 12.0. The first-order valence-electron chi connectivity index (χ1n) is 15.2. The van der Waals surface area contributed by atoms with E-state index >= 15 is 0 Å². The van der Waals surface area contributed by atoms with Crippen LogP contribution in [0.3, 0.4) is 0 Å². The van der Waals surface area contributed by atoms with Crippen LogP contribution in [0.5, 0.6) is 0 Å². The van der Waals surface area contributed by atoms with Crippen LogP contribution in [0.1, 0.15) is 119 Å². The second-order valence-electron chi connectivity index (χ2n) is 10.2. The molecule has 0 aromatic rings. The maximum Gasteiger partial charge on any atom is 0.306 e. The first-order valence-corrected chi connectivity index (χ1v) is 15.2. The fraction of sp³-hybridized carbons (Fsp3) is 0.800. The van der Waals surface area contributed by atoms with Crippen molar-refractivity contribution in [1.29, 1.82) is 0 Å². The standard InChI is InChI=1S/C30H48O12/c1-7-13-19(31)37-25-26(38-20(32)14-8-2)28(40-22(34)16-10-4)30(42-24(36)18-12-6)29(41-23(35)17-11-5)27(25)39-21(33)15-9-3/h25-30H,7-18H2,1-6H3/t25-,26-,27-,28+,29-,30-. The van der Waals surface area contributed by atoms with Gasteiger partial charge in [-0.25, -0.2) is 0 Å². The van der Waals surface area contributed by atoms with Crippen molar-refractivity contribution in [3.05, 3.63) is 0 Å². The number of carbonyl (C=O) groups is 6. The monoisotopic (exact) mass is 600 g/mol. The zero-order valence-electron chi connectivity index (χ0n) is 25.8. The Kier molecular flexibility index (Phi) is 17.4. The van der Waals surface area contributed by atoms with Crippen molar-refractivity contribution in [1.82, 2.24) is 0 Å². The normalized spacial score (nSPS) is 23.3. The summed E-state index contributed by atoms with van der Waals surface area (Å²) in [6, 6.07) is 0. The van der Waals surface area contributed by atoms with Crippen LogP contribution in [-0.4, -0.2) is 72.4 Å². The molecule has 0 aromatic heterocycles. The van der Waals surface area contributed by atoms with Crippen LogP contribution >= 0.6 is 0 Å². The molecule has 0 N–H and O–H groups in total. The molecule has 1 saturated carbocycles. The number of rotatable bonds is 18. The summed E-state index contributed by atoms with van der Waals surface area (Å²) in [5.74, 6) is -4.20. The van der Waals surface area contributed by atoms with Gasteiger partial charge in [-0.15, -0.1) is 0 Å². The fourth-order valence-electron chi connectivity index (χ4n) is 4.42. The number of ether oxygens (including phenoxy) is 6. The molecular formula is C30H48O12. The molecule has 0 spiro atoms. The van der Waals surface area contributed by atoms with E-state index in [0.717, 1.165) is 0 Å². The summed E-state index contributed by atoms with van der Waals surface area (Å²) in [4.78, 5) is 77.0. The summed E-state index contributed by atoms with van der Waals surface area (Å²) in [5, 5.41) is 0. The Labute approximate surface area is 248 Å². The molecule has 42 heavy (non-hydrogen) atoms. The fourth-order valence-corrected chi connectivity index (χ4v) is 4.42. The van der Waals surface area contributed by atoms with Gasteiger partial charge >= 0.3 is 35.8 Å². The Bertz CT molecular complexity index is 703. The van der Waals surface area contributed by atoms with Gasteiger partial charge in [-0.05, 0) is 38.5 Å². The van der Waals surface area contributed by atoms with Crippen LogP contribution in [0.15, 0.2) is 0 Å². The van der Waals surface area contributed by atoms with Crippen LogP contribution < -0.4 is 0 Å². The molecule has 0 unspecified atom stereocenters. The van der Waals surface area contributed by atoms with Gasteiger partial charge in [-0.2, -0.15) is 0 Å². The maximum absolute atomic E-state index is 12.8. The predicted octanol–water partition coefficient (Wildman–Crippen LogP) is 4.27. The molecule has 12 nitrogen and oxygen atoms in total. The Morgan fingerprint density at radius 2 is 0.429 bits per heavy atom. The lowest BCUT2D eigenvalue weighted by molar-refractivity contribution is -0.261. The Hall–Kier alpha value is -3.18. The SMILES string of the molecule is CCCC(=O)O[C@H]1[C@H](OC(=O)CCC)[C@@H](OC(=O)CCC)[C@H](OC(=O)CCC)[C@@H](OC(=O)CCC)[C@H]1OC(=O)CCC. The molecule has 0 bridgehead atoms. The smallest absolute Gasteiger partial charge is 0.306 e. The van der Waals surface area contributed by atoms with Gasteiger partial charge in [0.2, 0.25) is 0 Å². The Morgan fingerprint density at radius 1 is 0.310 bits per heavy atom. The Morgan fingerprint density at radius 3 is 0.524 bits per heavy atom. The molecule has 12 heteroatoms. The van der Waals surface area contributed by atoms with Crippen molar-refractivity contribution >= 4 is 35.8 Å². The summed E-state index contributed by atoms with van der Waals surface area (Å²) in [7, 11) is 0. The minimum absolute atomic E-state index is 0.0166. The van der Waals surface area contributed by atoms with Crippen LogP contribution in [0, 0.1) is 0 Å². The van der Waals surface area contributed by atoms with E-state index in [9.17, 15) is 28.8 Å². The number of carbonyl (C=O) groups excluding carboxylic acids is 6. The number of hydrogen-bond acceptors (Lipinski definition) is 12. The van der Waals surface area contributed by atoms with Crippen molar-refractivity contribution in [3.8, 4) is 0 Å². The van der Waals surface area contributed by atoms with Crippen molar-refractivity contribution in [2.45, 2.75) is 155 Å². The van der Waals surface area contributed by atoms with E-state index < -0.39 is 72.4 Å². The highest BCUT2D eigenvalue weighted by molar-refractivity contribution is 5.74. The summed E-state index contributed by atoms with van der Waals surface area (Å²) < 4.78 is 34.5. The average molecular weight is 601 g/mol.